The number of rotatable bonds is 6. The second-order valence-electron chi connectivity index (χ2n) is 8.28. The zero-order chi connectivity index (χ0) is 21.2. The average Bonchev–Trinajstić information content (AvgIpc) is 2.68. The number of hydrogen-bond acceptors (Lipinski definition) is 6. The fraction of sp³-hybridized carbons (Fsp3) is 0.500. The number of nitriles is 1. The largest absolute Gasteiger partial charge is 0.488 e. The van der Waals surface area contributed by atoms with Crippen molar-refractivity contribution in [2.24, 2.45) is 5.41 Å². The Bertz CT molecular complexity index is 999. The molecule has 0 saturated carbocycles. The summed E-state index contributed by atoms with van der Waals surface area (Å²) >= 11 is 0. The number of nitrogens with zero attached hydrogens (tertiary/aromatic N) is 2. The molecule has 1 aliphatic rings. The summed E-state index contributed by atoms with van der Waals surface area (Å²) in [6.07, 6.45) is 1.49. The molecule has 0 bridgehead atoms. The van der Waals surface area contributed by atoms with Crippen LogP contribution in [0, 0.1) is 16.7 Å². The summed E-state index contributed by atoms with van der Waals surface area (Å²) in [5.41, 5.74) is 2.88. The standard InChI is InChI=1S/C22H27N3O4/c1-22(2,3)16-10-13-11-17(29-8-6-7-27-4)21(28-5)25-18(13)19-15(16)9-14(12-23)20(26)24-19/h9,11,16H,6-8,10H2,1-5H3,(H,24,26)/t16-/m0/s1. The number of ether oxygens (including phenoxy) is 3. The lowest BCUT2D eigenvalue weighted by atomic mass is 9.69. The molecule has 0 amide bonds. The van der Waals surface area contributed by atoms with Gasteiger partial charge in [-0.3, -0.25) is 4.79 Å². The van der Waals surface area contributed by atoms with Crippen molar-refractivity contribution in [3.05, 3.63) is 39.2 Å². The molecule has 2 aromatic heterocycles. The van der Waals surface area contributed by atoms with E-state index in [1.165, 1.54) is 0 Å². The number of nitrogens with one attached hydrogen (secondary N) is 1. The van der Waals surface area contributed by atoms with Gasteiger partial charge in [-0.2, -0.15) is 5.26 Å². The van der Waals surface area contributed by atoms with Gasteiger partial charge in [-0.1, -0.05) is 20.8 Å². The summed E-state index contributed by atoms with van der Waals surface area (Å²) in [6, 6.07) is 5.64. The zero-order valence-electron chi connectivity index (χ0n) is 17.6. The molecule has 3 rings (SSSR count). The molecule has 1 atom stereocenters. The van der Waals surface area contributed by atoms with Crippen molar-refractivity contribution >= 4 is 0 Å². The third-order valence-corrected chi connectivity index (χ3v) is 5.25. The van der Waals surface area contributed by atoms with Crippen molar-refractivity contribution in [3.63, 3.8) is 0 Å². The minimum Gasteiger partial charge on any atom is -0.488 e. The molecule has 0 aromatic carbocycles. The van der Waals surface area contributed by atoms with Gasteiger partial charge in [-0.25, -0.2) is 4.98 Å². The van der Waals surface area contributed by atoms with E-state index >= 15 is 0 Å². The van der Waals surface area contributed by atoms with E-state index in [-0.39, 0.29) is 16.9 Å². The number of H-pyrrole nitrogens is 1. The van der Waals surface area contributed by atoms with Crippen LogP contribution in [0.1, 0.15) is 49.8 Å². The van der Waals surface area contributed by atoms with Crippen LogP contribution in [-0.4, -0.2) is 37.4 Å². The van der Waals surface area contributed by atoms with Gasteiger partial charge in [-0.05, 0) is 41.0 Å². The number of aromatic nitrogens is 2. The van der Waals surface area contributed by atoms with E-state index in [0.29, 0.717) is 36.2 Å². The molecule has 0 spiro atoms. The number of methoxy groups -OCH3 is 2. The minimum atomic E-state index is -0.410. The van der Waals surface area contributed by atoms with Crippen LogP contribution >= 0.6 is 0 Å². The first-order chi connectivity index (χ1) is 13.8. The minimum absolute atomic E-state index is 0.0726. The molecule has 1 N–H and O–H groups in total. The van der Waals surface area contributed by atoms with Gasteiger partial charge in [0.05, 0.1) is 25.1 Å². The molecule has 7 nitrogen and oxygen atoms in total. The molecule has 0 saturated heterocycles. The van der Waals surface area contributed by atoms with Gasteiger partial charge in [0.1, 0.15) is 11.6 Å². The molecular formula is C22H27N3O4. The third-order valence-electron chi connectivity index (χ3n) is 5.25. The van der Waals surface area contributed by atoms with Crippen molar-refractivity contribution in [3.8, 4) is 29.1 Å². The van der Waals surface area contributed by atoms with Crippen molar-refractivity contribution in [1.82, 2.24) is 9.97 Å². The number of fused-ring (bicyclic) bond motifs is 3. The summed E-state index contributed by atoms with van der Waals surface area (Å²) in [5, 5.41) is 9.31. The maximum absolute atomic E-state index is 12.3. The quantitative estimate of drug-likeness (QED) is 0.750. The Morgan fingerprint density at radius 1 is 1.28 bits per heavy atom. The monoisotopic (exact) mass is 397 g/mol. The van der Waals surface area contributed by atoms with Crippen LogP contribution in [0.2, 0.25) is 0 Å². The van der Waals surface area contributed by atoms with Crippen molar-refractivity contribution < 1.29 is 14.2 Å². The predicted octanol–water partition coefficient (Wildman–Crippen LogP) is 3.42. The zero-order valence-corrected chi connectivity index (χ0v) is 17.6. The maximum atomic E-state index is 12.3. The molecule has 7 heteroatoms. The average molecular weight is 397 g/mol. The SMILES string of the molecule is COCCCOc1cc2c(nc1OC)-c1[nH]c(=O)c(C#N)cc1[C@@H](C(C)(C)C)C2. The Balaban J connectivity index is 2.13. The molecule has 29 heavy (non-hydrogen) atoms. The summed E-state index contributed by atoms with van der Waals surface area (Å²) in [6.45, 7) is 7.57. The predicted molar refractivity (Wildman–Crippen MR) is 109 cm³/mol. The second kappa shape index (κ2) is 8.26. The first-order valence-corrected chi connectivity index (χ1v) is 9.67. The van der Waals surface area contributed by atoms with Gasteiger partial charge in [0.25, 0.3) is 11.4 Å². The Labute approximate surface area is 170 Å². The maximum Gasteiger partial charge on any atom is 0.266 e. The highest BCUT2D eigenvalue weighted by atomic mass is 16.5. The van der Waals surface area contributed by atoms with Gasteiger partial charge in [-0.15, -0.1) is 0 Å². The smallest absolute Gasteiger partial charge is 0.266 e. The van der Waals surface area contributed by atoms with Gasteiger partial charge in [0.15, 0.2) is 5.75 Å². The Kier molecular flexibility index (Phi) is 5.94. The summed E-state index contributed by atoms with van der Waals surface area (Å²) in [4.78, 5) is 19.9. The van der Waals surface area contributed by atoms with E-state index in [2.05, 4.69) is 30.7 Å². The van der Waals surface area contributed by atoms with Crippen molar-refractivity contribution in [1.29, 1.82) is 5.26 Å². The highest BCUT2D eigenvalue weighted by Crippen LogP contribution is 2.47. The lowest BCUT2D eigenvalue weighted by Gasteiger charge is -2.36. The van der Waals surface area contributed by atoms with E-state index < -0.39 is 5.56 Å². The fourth-order valence-corrected chi connectivity index (χ4v) is 3.73. The van der Waals surface area contributed by atoms with Crippen LogP contribution < -0.4 is 15.0 Å². The molecule has 0 unspecified atom stereocenters. The molecule has 0 aliphatic heterocycles. The second-order valence-corrected chi connectivity index (χ2v) is 8.28. The van der Waals surface area contributed by atoms with Crippen LogP contribution in [0.5, 0.6) is 11.6 Å². The third kappa shape index (κ3) is 4.13. The number of aromatic amines is 1. The van der Waals surface area contributed by atoms with E-state index in [0.717, 1.165) is 24.0 Å². The molecule has 1 aliphatic carbocycles. The van der Waals surface area contributed by atoms with E-state index in [1.54, 1.807) is 20.3 Å². The van der Waals surface area contributed by atoms with Gasteiger partial charge in [0.2, 0.25) is 0 Å². The van der Waals surface area contributed by atoms with Gasteiger partial charge < -0.3 is 19.2 Å². The van der Waals surface area contributed by atoms with Crippen LogP contribution in [0.3, 0.4) is 0 Å². The van der Waals surface area contributed by atoms with Gasteiger partial charge in [0, 0.05) is 20.1 Å². The molecular weight excluding hydrogens is 370 g/mol. The first-order valence-electron chi connectivity index (χ1n) is 9.67. The first kappa shape index (κ1) is 20.9. The Morgan fingerprint density at radius 2 is 2.03 bits per heavy atom. The normalized spacial score (nSPS) is 15.2. The summed E-state index contributed by atoms with van der Waals surface area (Å²) in [5.74, 6) is 1.06. The van der Waals surface area contributed by atoms with E-state index in [1.807, 2.05) is 12.1 Å². The van der Waals surface area contributed by atoms with E-state index in [4.69, 9.17) is 14.2 Å². The number of hydrogen-bond donors (Lipinski definition) is 1. The molecule has 154 valence electrons. The lowest BCUT2D eigenvalue weighted by molar-refractivity contribution is 0.170. The van der Waals surface area contributed by atoms with Crippen LogP contribution in [-0.2, 0) is 11.2 Å². The van der Waals surface area contributed by atoms with Gasteiger partial charge >= 0.3 is 0 Å². The Hall–Kier alpha value is -2.85. The molecule has 2 heterocycles. The fourth-order valence-electron chi connectivity index (χ4n) is 3.73. The molecule has 0 radical (unpaired) electrons. The lowest BCUT2D eigenvalue weighted by Crippen LogP contribution is -2.28. The molecule has 2 aromatic rings. The van der Waals surface area contributed by atoms with Crippen LogP contribution in [0.4, 0.5) is 0 Å². The topological polar surface area (TPSA) is 97.2 Å². The van der Waals surface area contributed by atoms with Crippen LogP contribution in [0.25, 0.3) is 11.4 Å². The number of pyridine rings is 2. The summed E-state index contributed by atoms with van der Waals surface area (Å²) in [7, 11) is 3.20. The Morgan fingerprint density at radius 3 is 2.66 bits per heavy atom. The van der Waals surface area contributed by atoms with E-state index in [9.17, 15) is 10.1 Å². The highest BCUT2D eigenvalue weighted by Gasteiger charge is 2.35. The molecule has 0 fully saturated rings. The van der Waals surface area contributed by atoms with Crippen LogP contribution in [0.15, 0.2) is 16.9 Å². The summed E-state index contributed by atoms with van der Waals surface area (Å²) < 4.78 is 16.4. The highest BCUT2D eigenvalue weighted by molar-refractivity contribution is 5.70. The van der Waals surface area contributed by atoms with Crippen molar-refractivity contribution in [2.75, 3.05) is 27.4 Å². The van der Waals surface area contributed by atoms with Crippen molar-refractivity contribution in [2.45, 2.75) is 39.5 Å².